The van der Waals surface area contributed by atoms with Crippen LogP contribution in [0.25, 0.3) is 0 Å². The second-order valence-electron chi connectivity index (χ2n) is 4.34. The Hall–Kier alpha value is -0.650. The highest BCUT2D eigenvalue weighted by molar-refractivity contribution is 5.75. The number of hydrogen-bond donors (Lipinski definition) is 3. The van der Waals surface area contributed by atoms with Gasteiger partial charge in [-0.05, 0) is 38.8 Å². The molecule has 1 fully saturated rings. The van der Waals surface area contributed by atoms with Gasteiger partial charge in [0.05, 0.1) is 0 Å². The molecule has 0 bridgehead atoms. The van der Waals surface area contributed by atoms with Crippen LogP contribution in [0, 0.1) is 5.92 Å². The molecule has 88 valence electrons. The predicted molar refractivity (Wildman–Crippen MR) is 59.8 cm³/mol. The van der Waals surface area contributed by atoms with E-state index in [-0.39, 0.29) is 5.91 Å². The summed E-state index contributed by atoms with van der Waals surface area (Å²) in [7, 11) is 0. The Kier molecular flexibility index (Phi) is 5.01. The lowest BCUT2D eigenvalue weighted by atomic mass is 10.1. The fourth-order valence-electron chi connectivity index (χ4n) is 2.05. The van der Waals surface area contributed by atoms with E-state index in [4.69, 9.17) is 11.6 Å². The molecule has 15 heavy (non-hydrogen) atoms. The molecular weight excluding hydrogens is 192 g/mol. The van der Waals surface area contributed by atoms with Gasteiger partial charge >= 0.3 is 0 Å². The zero-order valence-corrected chi connectivity index (χ0v) is 9.41. The van der Waals surface area contributed by atoms with Gasteiger partial charge < -0.3 is 10.6 Å². The zero-order chi connectivity index (χ0) is 11.3. The second-order valence-corrected chi connectivity index (χ2v) is 4.34. The third kappa shape index (κ3) is 3.77. The largest absolute Gasteiger partial charge is 0.330 e. The standard InChI is InChI=1S/C10H22N4O/c1-8(2-3-10(15)13-12)14-5-4-9(6-11)7-14/h8-9H,2-7,11-12H2,1H3,(H,13,15). The van der Waals surface area contributed by atoms with E-state index < -0.39 is 0 Å². The summed E-state index contributed by atoms with van der Waals surface area (Å²) in [5.41, 5.74) is 7.79. The summed E-state index contributed by atoms with van der Waals surface area (Å²) >= 11 is 0. The molecular formula is C10H22N4O. The molecule has 0 aliphatic carbocycles. The monoisotopic (exact) mass is 214 g/mol. The molecule has 0 saturated carbocycles. The van der Waals surface area contributed by atoms with E-state index in [9.17, 15) is 4.79 Å². The molecule has 1 rings (SSSR count). The molecule has 0 radical (unpaired) electrons. The lowest BCUT2D eigenvalue weighted by Crippen LogP contribution is -2.35. The Morgan fingerprint density at radius 1 is 1.67 bits per heavy atom. The molecule has 0 aromatic heterocycles. The first-order chi connectivity index (χ1) is 7.17. The zero-order valence-electron chi connectivity index (χ0n) is 9.41. The second kappa shape index (κ2) is 6.05. The predicted octanol–water partition coefficient (Wildman–Crippen LogP) is -0.574. The van der Waals surface area contributed by atoms with Crippen LogP contribution in [-0.4, -0.2) is 36.5 Å². The van der Waals surface area contributed by atoms with E-state index in [0.717, 1.165) is 26.1 Å². The van der Waals surface area contributed by atoms with E-state index >= 15 is 0 Å². The van der Waals surface area contributed by atoms with Gasteiger partial charge in [0.1, 0.15) is 0 Å². The average Bonchev–Trinajstić information content (AvgIpc) is 2.73. The summed E-state index contributed by atoms with van der Waals surface area (Å²) in [6, 6.07) is 0.443. The molecule has 1 aliphatic heterocycles. The first-order valence-corrected chi connectivity index (χ1v) is 5.61. The van der Waals surface area contributed by atoms with Gasteiger partial charge in [0.25, 0.3) is 0 Å². The Balaban J connectivity index is 2.23. The number of carbonyl (C=O) groups excluding carboxylic acids is 1. The number of hydrogen-bond acceptors (Lipinski definition) is 4. The molecule has 2 unspecified atom stereocenters. The number of nitrogens with zero attached hydrogens (tertiary/aromatic N) is 1. The maximum atomic E-state index is 11.0. The maximum absolute atomic E-state index is 11.0. The van der Waals surface area contributed by atoms with Gasteiger partial charge in [0.2, 0.25) is 5.91 Å². The van der Waals surface area contributed by atoms with Crippen LogP contribution in [0.15, 0.2) is 0 Å². The van der Waals surface area contributed by atoms with Gasteiger partial charge in [-0.15, -0.1) is 0 Å². The summed E-state index contributed by atoms with van der Waals surface area (Å²) < 4.78 is 0. The minimum atomic E-state index is -0.0866. The molecule has 1 aliphatic rings. The number of hydrazine groups is 1. The topological polar surface area (TPSA) is 84.4 Å². The highest BCUT2D eigenvalue weighted by Gasteiger charge is 2.24. The number of amides is 1. The third-order valence-electron chi connectivity index (χ3n) is 3.22. The number of likely N-dealkylation sites (tertiary alicyclic amines) is 1. The summed E-state index contributed by atoms with van der Waals surface area (Å²) in [6.45, 7) is 5.10. The van der Waals surface area contributed by atoms with Crippen molar-refractivity contribution in [2.24, 2.45) is 17.5 Å². The SMILES string of the molecule is CC(CCC(=O)NN)N1CCC(CN)C1. The summed E-state index contributed by atoms with van der Waals surface area (Å²) in [4.78, 5) is 13.4. The van der Waals surface area contributed by atoms with Crippen molar-refractivity contribution in [3.63, 3.8) is 0 Å². The maximum Gasteiger partial charge on any atom is 0.233 e. The van der Waals surface area contributed by atoms with Crippen LogP contribution in [0.2, 0.25) is 0 Å². The molecule has 1 heterocycles. The Morgan fingerprint density at radius 2 is 2.40 bits per heavy atom. The van der Waals surface area contributed by atoms with Crippen molar-refractivity contribution in [2.75, 3.05) is 19.6 Å². The van der Waals surface area contributed by atoms with Crippen molar-refractivity contribution >= 4 is 5.91 Å². The van der Waals surface area contributed by atoms with E-state index in [0.29, 0.717) is 18.4 Å². The number of nitrogens with two attached hydrogens (primary N) is 2. The fourth-order valence-corrected chi connectivity index (χ4v) is 2.05. The molecule has 0 spiro atoms. The van der Waals surface area contributed by atoms with Gasteiger partial charge in [0, 0.05) is 19.0 Å². The molecule has 2 atom stereocenters. The number of rotatable bonds is 5. The first-order valence-electron chi connectivity index (χ1n) is 5.61. The molecule has 0 aromatic rings. The highest BCUT2D eigenvalue weighted by atomic mass is 16.2. The molecule has 5 N–H and O–H groups in total. The molecule has 1 saturated heterocycles. The molecule has 5 nitrogen and oxygen atoms in total. The van der Waals surface area contributed by atoms with Gasteiger partial charge in [-0.25, -0.2) is 5.84 Å². The first kappa shape index (κ1) is 12.4. The number of carbonyl (C=O) groups is 1. The van der Waals surface area contributed by atoms with E-state index in [1.807, 2.05) is 0 Å². The van der Waals surface area contributed by atoms with Gasteiger partial charge in [-0.1, -0.05) is 0 Å². The van der Waals surface area contributed by atoms with E-state index in [2.05, 4.69) is 17.2 Å². The van der Waals surface area contributed by atoms with Gasteiger partial charge in [-0.2, -0.15) is 0 Å². The fraction of sp³-hybridized carbons (Fsp3) is 0.900. The van der Waals surface area contributed by atoms with Crippen LogP contribution >= 0.6 is 0 Å². The van der Waals surface area contributed by atoms with Crippen LogP contribution < -0.4 is 17.0 Å². The molecule has 5 heteroatoms. The summed E-state index contributed by atoms with van der Waals surface area (Å²) in [5.74, 6) is 5.57. The average molecular weight is 214 g/mol. The number of nitrogens with one attached hydrogen (secondary N) is 1. The summed E-state index contributed by atoms with van der Waals surface area (Å²) in [5, 5.41) is 0. The van der Waals surface area contributed by atoms with E-state index in [1.54, 1.807) is 0 Å². The third-order valence-corrected chi connectivity index (χ3v) is 3.22. The van der Waals surface area contributed by atoms with Crippen molar-refractivity contribution in [1.82, 2.24) is 10.3 Å². The molecule has 0 aromatic carbocycles. The Morgan fingerprint density at radius 3 is 2.93 bits per heavy atom. The lowest BCUT2D eigenvalue weighted by Gasteiger charge is -2.23. The normalized spacial score (nSPS) is 24.1. The highest BCUT2D eigenvalue weighted by Crippen LogP contribution is 2.19. The van der Waals surface area contributed by atoms with Crippen molar-refractivity contribution in [2.45, 2.75) is 32.2 Å². The Bertz CT molecular complexity index is 210. The van der Waals surface area contributed by atoms with Crippen LogP contribution in [-0.2, 0) is 4.79 Å². The van der Waals surface area contributed by atoms with Crippen molar-refractivity contribution in [3.05, 3.63) is 0 Å². The lowest BCUT2D eigenvalue weighted by molar-refractivity contribution is -0.121. The smallest absolute Gasteiger partial charge is 0.233 e. The van der Waals surface area contributed by atoms with Crippen molar-refractivity contribution in [1.29, 1.82) is 0 Å². The quantitative estimate of drug-likeness (QED) is 0.325. The summed E-state index contributed by atoms with van der Waals surface area (Å²) in [6.07, 6.45) is 2.55. The minimum Gasteiger partial charge on any atom is -0.330 e. The Labute approximate surface area is 91.1 Å². The van der Waals surface area contributed by atoms with Crippen LogP contribution in [0.1, 0.15) is 26.2 Å². The van der Waals surface area contributed by atoms with Crippen molar-refractivity contribution < 1.29 is 4.79 Å². The van der Waals surface area contributed by atoms with Crippen LogP contribution in [0.5, 0.6) is 0 Å². The van der Waals surface area contributed by atoms with Crippen LogP contribution in [0.3, 0.4) is 0 Å². The van der Waals surface area contributed by atoms with Crippen molar-refractivity contribution in [3.8, 4) is 0 Å². The van der Waals surface area contributed by atoms with E-state index in [1.165, 1.54) is 6.42 Å². The van der Waals surface area contributed by atoms with Crippen LogP contribution in [0.4, 0.5) is 0 Å². The van der Waals surface area contributed by atoms with Gasteiger partial charge in [-0.3, -0.25) is 10.2 Å². The van der Waals surface area contributed by atoms with Gasteiger partial charge in [0.15, 0.2) is 0 Å². The molecule has 1 amide bonds. The minimum absolute atomic E-state index is 0.0866.